The Labute approximate surface area is 60.0 Å². The first-order chi connectivity index (χ1) is 4.79. The van der Waals surface area contributed by atoms with Crippen LogP contribution >= 0.6 is 0 Å². The number of aromatic nitrogens is 3. The molecule has 0 saturated heterocycles. The number of nitrogens with two attached hydrogens (primary N) is 1. The average Bonchev–Trinajstić information content (AvgIpc) is 2.30. The minimum absolute atomic E-state index is 0.478. The maximum atomic E-state index is 5.40. The van der Waals surface area contributed by atoms with Gasteiger partial charge in [0, 0.05) is 13.1 Å². The van der Waals surface area contributed by atoms with Crippen LogP contribution in [-0.4, -0.2) is 15.0 Å². The molecule has 56 valence electrons. The van der Waals surface area contributed by atoms with Crippen LogP contribution in [-0.2, 0) is 13.1 Å². The number of hydrogen-bond acceptors (Lipinski definition) is 3. The Morgan fingerprint density at radius 2 is 2.30 bits per heavy atom. The van der Waals surface area contributed by atoms with Gasteiger partial charge in [-0.25, -0.2) is 4.68 Å². The molecule has 2 N–H and O–H groups in total. The molecule has 0 aliphatic rings. The number of hydrogen-bond donors (Lipinski definition) is 1. The quantitative estimate of drug-likeness (QED) is 0.632. The summed E-state index contributed by atoms with van der Waals surface area (Å²) in [6, 6.07) is 0. The smallest absolute Gasteiger partial charge is 0.0991 e. The van der Waals surface area contributed by atoms with E-state index in [1.807, 2.05) is 18.5 Å². The zero-order valence-corrected chi connectivity index (χ0v) is 6.33. The summed E-state index contributed by atoms with van der Waals surface area (Å²) in [4.78, 5) is 0. The first-order valence-electron chi connectivity index (χ1n) is 3.38. The van der Waals surface area contributed by atoms with Gasteiger partial charge in [0.1, 0.15) is 0 Å². The van der Waals surface area contributed by atoms with Gasteiger partial charge < -0.3 is 5.73 Å². The van der Waals surface area contributed by atoms with E-state index in [1.165, 1.54) is 0 Å². The van der Waals surface area contributed by atoms with E-state index in [4.69, 9.17) is 5.73 Å². The second kappa shape index (κ2) is 2.79. The van der Waals surface area contributed by atoms with Crippen molar-refractivity contribution in [3.8, 4) is 0 Å². The molecule has 1 heterocycles. The van der Waals surface area contributed by atoms with E-state index in [2.05, 4.69) is 10.3 Å². The summed E-state index contributed by atoms with van der Waals surface area (Å²) in [6.07, 6.45) is 0. The molecule has 0 aliphatic carbocycles. The van der Waals surface area contributed by atoms with Crippen molar-refractivity contribution in [2.75, 3.05) is 0 Å². The summed E-state index contributed by atoms with van der Waals surface area (Å²) in [6.45, 7) is 5.35. The van der Waals surface area contributed by atoms with Gasteiger partial charge in [0.15, 0.2) is 0 Å². The van der Waals surface area contributed by atoms with Gasteiger partial charge in [-0.2, -0.15) is 0 Å². The molecule has 0 saturated carbocycles. The highest BCUT2D eigenvalue weighted by Crippen LogP contribution is 2.00. The summed E-state index contributed by atoms with van der Waals surface area (Å²) >= 11 is 0. The average molecular weight is 140 g/mol. The van der Waals surface area contributed by atoms with E-state index in [9.17, 15) is 0 Å². The van der Waals surface area contributed by atoms with E-state index < -0.39 is 0 Å². The summed E-state index contributed by atoms with van der Waals surface area (Å²) in [5.41, 5.74) is 7.37. The number of rotatable bonds is 2. The second-order valence-electron chi connectivity index (χ2n) is 2.14. The molecule has 0 atom stereocenters. The van der Waals surface area contributed by atoms with Crippen LogP contribution in [0.25, 0.3) is 0 Å². The molecule has 1 rings (SSSR count). The Morgan fingerprint density at radius 1 is 1.60 bits per heavy atom. The van der Waals surface area contributed by atoms with Gasteiger partial charge in [0.2, 0.25) is 0 Å². The predicted molar refractivity (Wildman–Crippen MR) is 38.3 cm³/mol. The Hall–Kier alpha value is -0.900. The fraction of sp³-hybridized carbons (Fsp3) is 0.667. The number of aryl methyl sites for hydroxylation is 1. The number of nitrogens with zero attached hydrogens (tertiary/aromatic N) is 3. The first kappa shape index (κ1) is 7.21. The molecule has 4 nitrogen and oxygen atoms in total. The van der Waals surface area contributed by atoms with Crippen molar-refractivity contribution in [3.05, 3.63) is 11.4 Å². The van der Waals surface area contributed by atoms with Crippen molar-refractivity contribution >= 4 is 0 Å². The van der Waals surface area contributed by atoms with Crippen molar-refractivity contribution in [1.29, 1.82) is 0 Å². The van der Waals surface area contributed by atoms with Crippen molar-refractivity contribution < 1.29 is 0 Å². The van der Waals surface area contributed by atoms with Gasteiger partial charge in [-0.3, -0.25) is 0 Å². The molecule has 0 aromatic carbocycles. The first-order valence-corrected chi connectivity index (χ1v) is 3.38. The van der Waals surface area contributed by atoms with Crippen LogP contribution in [0.5, 0.6) is 0 Å². The predicted octanol–water partition coefficient (Wildman–Crippen LogP) is 0.0651. The van der Waals surface area contributed by atoms with Crippen LogP contribution in [0.1, 0.15) is 18.3 Å². The standard InChI is InChI=1S/C6H12N4/c1-3-10-5(2)6(4-7)8-9-10/h3-4,7H2,1-2H3. The molecule has 0 amide bonds. The van der Waals surface area contributed by atoms with Crippen molar-refractivity contribution in [2.45, 2.75) is 26.9 Å². The van der Waals surface area contributed by atoms with Crippen LogP contribution < -0.4 is 5.73 Å². The summed E-state index contributed by atoms with van der Waals surface area (Å²) in [5.74, 6) is 0. The molecule has 1 aromatic rings. The van der Waals surface area contributed by atoms with Gasteiger partial charge >= 0.3 is 0 Å². The Kier molecular flexibility index (Phi) is 2.01. The lowest BCUT2D eigenvalue weighted by Crippen LogP contribution is -2.01. The minimum Gasteiger partial charge on any atom is -0.325 e. The van der Waals surface area contributed by atoms with Crippen molar-refractivity contribution in [2.24, 2.45) is 5.73 Å². The fourth-order valence-electron chi connectivity index (χ4n) is 0.885. The maximum absolute atomic E-state index is 5.40. The third-order valence-corrected chi connectivity index (χ3v) is 1.57. The lowest BCUT2D eigenvalue weighted by Gasteiger charge is -1.95. The van der Waals surface area contributed by atoms with E-state index in [0.29, 0.717) is 6.54 Å². The molecule has 10 heavy (non-hydrogen) atoms. The summed E-state index contributed by atoms with van der Waals surface area (Å²) in [7, 11) is 0. The molecule has 0 aliphatic heterocycles. The third-order valence-electron chi connectivity index (χ3n) is 1.57. The van der Waals surface area contributed by atoms with Crippen LogP contribution in [0, 0.1) is 6.92 Å². The van der Waals surface area contributed by atoms with Gasteiger partial charge in [-0.1, -0.05) is 5.21 Å². The molecule has 1 aromatic heterocycles. The van der Waals surface area contributed by atoms with Crippen LogP contribution in [0.15, 0.2) is 0 Å². The highest BCUT2D eigenvalue weighted by molar-refractivity contribution is 5.06. The van der Waals surface area contributed by atoms with Crippen LogP contribution in [0.3, 0.4) is 0 Å². The lowest BCUT2D eigenvalue weighted by molar-refractivity contribution is 0.611. The fourth-order valence-corrected chi connectivity index (χ4v) is 0.885. The Balaban J connectivity index is 2.97. The minimum atomic E-state index is 0.478. The largest absolute Gasteiger partial charge is 0.325 e. The van der Waals surface area contributed by atoms with E-state index in [-0.39, 0.29) is 0 Å². The molecule has 0 radical (unpaired) electrons. The van der Waals surface area contributed by atoms with Crippen molar-refractivity contribution in [3.63, 3.8) is 0 Å². The van der Waals surface area contributed by atoms with Crippen LogP contribution in [0.2, 0.25) is 0 Å². The zero-order chi connectivity index (χ0) is 7.56. The lowest BCUT2D eigenvalue weighted by atomic mass is 10.3. The van der Waals surface area contributed by atoms with E-state index in [0.717, 1.165) is 17.9 Å². The molecular weight excluding hydrogens is 128 g/mol. The highest BCUT2D eigenvalue weighted by atomic mass is 15.4. The summed E-state index contributed by atoms with van der Waals surface area (Å²) < 4.78 is 1.84. The van der Waals surface area contributed by atoms with E-state index in [1.54, 1.807) is 0 Å². The molecular formula is C6H12N4. The van der Waals surface area contributed by atoms with Crippen LogP contribution in [0.4, 0.5) is 0 Å². The molecule has 0 fully saturated rings. The zero-order valence-electron chi connectivity index (χ0n) is 6.33. The molecule has 4 heteroatoms. The topological polar surface area (TPSA) is 56.7 Å². The Morgan fingerprint density at radius 3 is 2.60 bits per heavy atom. The summed E-state index contributed by atoms with van der Waals surface area (Å²) in [5, 5.41) is 7.78. The normalized spacial score (nSPS) is 10.3. The van der Waals surface area contributed by atoms with Crippen molar-refractivity contribution in [1.82, 2.24) is 15.0 Å². The third kappa shape index (κ3) is 1.02. The van der Waals surface area contributed by atoms with Gasteiger partial charge in [0.25, 0.3) is 0 Å². The van der Waals surface area contributed by atoms with Gasteiger partial charge in [0.05, 0.1) is 11.4 Å². The van der Waals surface area contributed by atoms with Gasteiger partial charge in [-0.05, 0) is 13.8 Å². The highest BCUT2D eigenvalue weighted by Gasteiger charge is 2.03. The molecule has 0 unspecified atom stereocenters. The monoisotopic (exact) mass is 140 g/mol. The molecule has 0 spiro atoms. The SMILES string of the molecule is CCn1nnc(CN)c1C. The van der Waals surface area contributed by atoms with E-state index >= 15 is 0 Å². The Bertz CT molecular complexity index is 194. The second-order valence-corrected chi connectivity index (χ2v) is 2.14. The maximum Gasteiger partial charge on any atom is 0.0991 e. The van der Waals surface area contributed by atoms with Gasteiger partial charge in [-0.15, -0.1) is 5.10 Å². The molecule has 0 bridgehead atoms.